The van der Waals surface area contributed by atoms with Crippen molar-refractivity contribution in [3.8, 4) is 11.1 Å². The maximum Gasteiger partial charge on any atom is 0.338 e. The maximum absolute atomic E-state index is 12.4. The van der Waals surface area contributed by atoms with Crippen molar-refractivity contribution in [3.63, 3.8) is 0 Å². The Morgan fingerprint density at radius 2 is 1.75 bits per heavy atom. The van der Waals surface area contributed by atoms with Crippen LogP contribution in [-0.4, -0.2) is 31.9 Å². The number of rotatable bonds is 10. The minimum atomic E-state index is -0.323. The average Bonchev–Trinajstić information content (AvgIpc) is 2.81. The van der Waals surface area contributed by atoms with Crippen molar-refractivity contribution < 1.29 is 19.0 Å². The standard InChI is InChI=1S/C28H38O4/c1-20(2)31-19-24(16-22-11-6-5-7-12-22)32-18-23-14-15-26(28(29)30-4)27(17-23)25-13-9-8-10-21(25)3/h8-10,13-15,17,20,22,24H,5-7,11-12,16,18-19H2,1-4H3/t24-/m0/s1. The number of hydrogen-bond donors (Lipinski definition) is 0. The van der Waals surface area contributed by atoms with E-state index in [1.54, 1.807) is 0 Å². The predicted molar refractivity (Wildman–Crippen MR) is 129 cm³/mol. The summed E-state index contributed by atoms with van der Waals surface area (Å²) in [4.78, 5) is 12.4. The van der Waals surface area contributed by atoms with Gasteiger partial charge in [0.25, 0.3) is 0 Å². The highest BCUT2D eigenvalue weighted by Gasteiger charge is 2.21. The Morgan fingerprint density at radius 1 is 1.00 bits per heavy atom. The summed E-state index contributed by atoms with van der Waals surface area (Å²) in [5.41, 5.74) is 4.67. The molecule has 0 spiro atoms. The highest BCUT2D eigenvalue weighted by Crippen LogP contribution is 2.31. The van der Waals surface area contributed by atoms with Gasteiger partial charge in [-0.25, -0.2) is 4.79 Å². The Kier molecular flexibility index (Phi) is 9.31. The Balaban J connectivity index is 1.77. The van der Waals surface area contributed by atoms with E-state index in [2.05, 4.69) is 32.9 Å². The van der Waals surface area contributed by atoms with Gasteiger partial charge in [-0.15, -0.1) is 0 Å². The van der Waals surface area contributed by atoms with Crippen LogP contribution in [0, 0.1) is 12.8 Å². The molecule has 4 heteroatoms. The first-order valence-corrected chi connectivity index (χ1v) is 12.0. The molecule has 0 aliphatic heterocycles. The van der Waals surface area contributed by atoms with Gasteiger partial charge in [0.15, 0.2) is 0 Å². The lowest BCUT2D eigenvalue weighted by Crippen LogP contribution is -2.26. The second-order valence-electron chi connectivity index (χ2n) is 9.24. The monoisotopic (exact) mass is 438 g/mol. The van der Waals surface area contributed by atoms with Crippen LogP contribution in [0.5, 0.6) is 0 Å². The van der Waals surface area contributed by atoms with Crippen molar-refractivity contribution in [2.75, 3.05) is 13.7 Å². The SMILES string of the molecule is COC(=O)c1ccc(CO[C@H](COC(C)C)CC2CCCCC2)cc1-c1ccccc1C. The van der Waals surface area contributed by atoms with Gasteiger partial charge in [0.05, 0.1) is 38.1 Å². The highest BCUT2D eigenvalue weighted by molar-refractivity contribution is 5.97. The lowest BCUT2D eigenvalue weighted by atomic mass is 9.85. The van der Waals surface area contributed by atoms with Crippen LogP contribution in [0.1, 0.15) is 73.9 Å². The van der Waals surface area contributed by atoms with Crippen molar-refractivity contribution in [2.45, 2.75) is 78.1 Å². The zero-order valence-corrected chi connectivity index (χ0v) is 20.1. The number of benzene rings is 2. The predicted octanol–water partition coefficient (Wildman–Crippen LogP) is 6.73. The summed E-state index contributed by atoms with van der Waals surface area (Å²) in [6.07, 6.45) is 7.95. The molecule has 1 saturated carbocycles. The number of esters is 1. The van der Waals surface area contributed by atoms with Gasteiger partial charge >= 0.3 is 5.97 Å². The largest absolute Gasteiger partial charge is 0.465 e. The molecule has 0 heterocycles. The summed E-state index contributed by atoms with van der Waals surface area (Å²) >= 11 is 0. The van der Waals surface area contributed by atoms with E-state index < -0.39 is 0 Å². The Labute approximate surface area is 193 Å². The first kappa shape index (κ1) is 24.5. The molecule has 2 aromatic rings. The number of carbonyl (C=O) groups excluding carboxylic acids is 1. The van der Waals surface area contributed by atoms with Gasteiger partial charge in [0, 0.05) is 0 Å². The van der Waals surface area contributed by atoms with E-state index in [-0.39, 0.29) is 18.2 Å². The van der Waals surface area contributed by atoms with Gasteiger partial charge in [-0.3, -0.25) is 0 Å². The first-order chi connectivity index (χ1) is 15.5. The van der Waals surface area contributed by atoms with Crippen molar-refractivity contribution in [1.29, 1.82) is 0 Å². The smallest absolute Gasteiger partial charge is 0.338 e. The second kappa shape index (κ2) is 12.2. The third-order valence-electron chi connectivity index (χ3n) is 6.35. The van der Waals surface area contributed by atoms with Gasteiger partial charge in [0.2, 0.25) is 0 Å². The number of methoxy groups -OCH3 is 1. The fraction of sp³-hybridized carbons (Fsp3) is 0.536. The first-order valence-electron chi connectivity index (χ1n) is 12.0. The summed E-state index contributed by atoms with van der Waals surface area (Å²) in [7, 11) is 1.42. The van der Waals surface area contributed by atoms with Crippen molar-refractivity contribution in [1.82, 2.24) is 0 Å². The summed E-state index contributed by atoms with van der Waals surface area (Å²) < 4.78 is 17.3. The van der Waals surface area contributed by atoms with Gasteiger partial charge in [-0.05, 0) is 67.5 Å². The minimum Gasteiger partial charge on any atom is -0.465 e. The summed E-state index contributed by atoms with van der Waals surface area (Å²) in [6, 6.07) is 14.0. The van der Waals surface area contributed by atoms with E-state index in [0.717, 1.165) is 34.6 Å². The van der Waals surface area contributed by atoms with Crippen LogP contribution in [0.3, 0.4) is 0 Å². The number of aryl methyl sites for hydroxylation is 1. The molecule has 0 radical (unpaired) electrons. The summed E-state index contributed by atoms with van der Waals surface area (Å²) in [5, 5.41) is 0. The molecule has 0 bridgehead atoms. The third-order valence-corrected chi connectivity index (χ3v) is 6.35. The quantitative estimate of drug-likeness (QED) is 0.386. The van der Waals surface area contributed by atoms with Crippen LogP contribution < -0.4 is 0 Å². The van der Waals surface area contributed by atoms with Gasteiger partial charge in [0.1, 0.15) is 0 Å². The number of hydrogen-bond acceptors (Lipinski definition) is 4. The van der Waals surface area contributed by atoms with Crippen LogP contribution in [0.15, 0.2) is 42.5 Å². The molecular weight excluding hydrogens is 400 g/mol. The van der Waals surface area contributed by atoms with Crippen LogP contribution in [0.4, 0.5) is 0 Å². The second-order valence-corrected chi connectivity index (χ2v) is 9.24. The van der Waals surface area contributed by atoms with E-state index >= 15 is 0 Å². The Hall–Kier alpha value is -2.17. The molecule has 32 heavy (non-hydrogen) atoms. The lowest BCUT2D eigenvalue weighted by Gasteiger charge is -2.27. The molecule has 174 valence electrons. The van der Waals surface area contributed by atoms with Crippen LogP contribution in [-0.2, 0) is 20.8 Å². The van der Waals surface area contributed by atoms with Crippen LogP contribution in [0.2, 0.25) is 0 Å². The van der Waals surface area contributed by atoms with Crippen LogP contribution >= 0.6 is 0 Å². The normalized spacial score (nSPS) is 15.7. The molecule has 0 amide bonds. The van der Waals surface area contributed by atoms with E-state index in [9.17, 15) is 4.79 Å². The number of carbonyl (C=O) groups is 1. The molecule has 0 N–H and O–H groups in total. The topological polar surface area (TPSA) is 44.8 Å². The van der Waals surface area contributed by atoms with Gasteiger partial charge < -0.3 is 14.2 Å². The molecule has 1 fully saturated rings. The van der Waals surface area contributed by atoms with Crippen molar-refractivity contribution >= 4 is 5.97 Å². The van der Waals surface area contributed by atoms with E-state index in [1.165, 1.54) is 39.2 Å². The highest BCUT2D eigenvalue weighted by atomic mass is 16.5. The zero-order valence-electron chi connectivity index (χ0n) is 20.1. The summed E-state index contributed by atoms with van der Waals surface area (Å²) in [5.74, 6) is 0.407. The molecule has 1 atom stereocenters. The fourth-order valence-electron chi connectivity index (χ4n) is 4.56. The lowest BCUT2D eigenvalue weighted by molar-refractivity contribution is -0.0532. The molecule has 2 aromatic carbocycles. The molecule has 0 aromatic heterocycles. The van der Waals surface area contributed by atoms with Crippen LogP contribution in [0.25, 0.3) is 11.1 Å². The average molecular weight is 439 g/mol. The summed E-state index contributed by atoms with van der Waals surface area (Å²) in [6.45, 7) is 7.32. The van der Waals surface area contributed by atoms with Crippen molar-refractivity contribution in [2.24, 2.45) is 5.92 Å². The molecule has 3 rings (SSSR count). The van der Waals surface area contributed by atoms with Gasteiger partial charge in [-0.1, -0.05) is 62.4 Å². The maximum atomic E-state index is 12.4. The van der Waals surface area contributed by atoms with E-state index in [4.69, 9.17) is 14.2 Å². The van der Waals surface area contributed by atoms with E-state index in [1.807, 2.05) is 30.3 Å². The number of ether oxygens (including phenoxy) is 3. The molecule has 0 unspecified atom stereocenters. The van der Waals surface area contributed by atoms with Crippen molar-refractivity contribution in [3.05, 3.63) is 59.2 Å². The zero-order chi connectivity index (χ0) is 22.9. The van der Waals surface area contributed by atoms with E-state index in [0.29, 0.717) is 18.8 Å². The minimum absolute atomic E-state index is 0.0858. The molecular formula is C28H38O4. The molecule has 1 aliphatic carbocycles. The fourth-order valence-corrected chi connectivity index (χ4v) is 4.56. The molecule has 0 saturated heterocycles. The Morgan fingerprint density at radius 3 is 2.44 bits per heavy atom. The third kappa shape index (κ3) is 6.91. The Bertz CT molecular complexity index is 867. The van der Waals surface area contributed by atoms with Gasteiger partial charge in [-0.2, -0.15) is 0 Å². The molecule has 1 aliphatic rings. The molecule has 4 nitrogen and oxygen atoms in total.